The minimum absolute atomic E-state index is 0.0487. The molecule has 0 aliphatic carbocycles. The van der Waals surface area contributed by atoms with Crippen LogP contribution in [0, 0.1) is 0 Å². The molecule has 1 amide bonds. The third kappa shape index (κ3) is 3.20. The van der Waals surface area contributed by atoms with Crippen LogP contribution in [0.15, 0.2) is 4.99 Å². The van der Waals surface area contributed by atoms with Gasteiger partial charge in [-0.3, -0.25) is 9.59 Å². The standard InChI is InChI=1S/C14H18N2O4/c1-5-9-11(14(19)20-6-2)10(7-17)16-12(9)13(18)15-8(3)4/h7,16H,5-6H2,1-4H3. The average Bonchev–Trinajstić information content (AvgIpc) is 2.76. The first kappa shape index (κ1) is 15.8. The zero-order valence-electron chi connectivity index (χ0n) is 12.1. The Morgan fingerprint density at radius 2 is 1.95 bits per heavy atom. The number of aldehydes is 1. The van der Waals surface area contributed by atoms with Gasteiger partial charge in [0.25, 0.3) is 5.91 Å². The monoisotopic (exact) mass is 278 g/mol. The number of rotatable bonds is 5. The molecule has 6 heteroatoms. The summed E-state index contributed by atoms with van der Waals surface area (Å²) in [4.78, 5) is 41.5. The zero-order chi connectivity index (χ0) is 15.3. The van der Waals surface area contributed by atoms with E-state index in [4.69, 9.17) is 4.74 Å². The SMILES string of the molecule is CCOC(=O)c1c(C=O)[nH]c(C(=O)N=C(C)C)c1CC. The fraction of sp³-hybridized carbons (Fsp3) is 0.429. The maximum atomic E-state index is 12.0. The van der Waals surface area contributed by atoms with E-state index in [1.165, 1.54) is 0 Å². The summed E-state index contributed by atoms with van der Waals surface area (Å²) < 4.78 is 4.92. The van der Waals surface area contributed by atoms with Crippen LogP contribution in [0.25, 0.3) is 0 Å². The highest BCUT2D eigenvalue weighted by molar-refractivity contribution is 6.07. The molecule has 0 spiro atoms. The smallest absolute Gasteiger partial charge is 0.340 e. The van der Waals surface area contributed by atoms with Crippen molar-refractivity contribution in [2.45, 2.75) is 34.1 Å². The molecule has 0 atom stereocenters. The fourth-order valence-corrected chi connectivity index (χ4v) is 1.88. The van der Waals surface area contributed by atoms with E-state index in [-0.39, 0.29) is 23.6 Å². The van der Waals surface area contributed by atoms with Gasteiger partial charge in [0.1, 0.15) is 5.69 Å². The number of carbonyl (C=O) groups is 3. The van der Waals surface area contributed by atoms with Crippen LogP contribution >= 0.6 is 0 Å². The highest BCUT2D eigenvalue weighted by atomic mass is 16.5. The number of carbonyl (C=O) groups excluding carboxylic acids is 3. The summed E-state index contributed by atoms with van der Waals surface area (Å²) >= 11 is 0. The van der Waals surface area contributed by atoms with Crippen molar-refractivity contribution < 1.29 is 19.1 Å². The molecule has 0 saturated carbocycles. The lowest BCUT2D eigenvalue weighted by atomic mass is 10.1. The highest BCUT2D eigenvalue weighted by Crippen LogP contribution is 2.21. The number of aliphatic imine (C=N–C) groups is 1. The summed E-state index contributed by atoms with van der Waals surface area (Å²) in [5.74, 6) is -1.11. The Hall–Kier alpha value is -2.24. The second kappa shape index (κ2) is 6.79. The van der Waals surface area contributed by atoms with Crippen LogP contribution in [0.1, 0.15) is 64.6 Å². The minimum Gasteiger partial charge on any atom is -0.462 e. The van der Waals surface area contributed by atoms with E-state index >= 15 is 0 Å². The molecular formula is C14H18N2O4. The summed E-state index contributed by atoms with van der Waals surface area (Å²) in [6, 6.07) is 0. The molecule has 0 fully saturated rings. The van der Waals surface area contributed by atoms with E-state index in [0.29, 0.717) is 24.0 Å². The number of esters is 1. The van der Waals surface area contributed by atoms with Gasteiger partial charge in [-0.05, 0) is 32.8 Å². The van der Waals surface area contributed by atoms with Crippen molar-refractivity contribution >= 4 is 23.9 Å². The minimum atomic E-state index is -0.612. The van der Waals surface area contributed by atoms with E-state index < -0.39 is 11.9 Å². The molecule has 1 aromatic rings. The van der Waals surface area contributed by atoms with Gasteiger partial charge in [-0.1, -0.05) is 6.92 Å². The second-order valence-electron chi connectivity index (χ2n) is 4.32. The van der Waals surface area contributed by atoms with Crippen LogP contribution in [0.2, 0.25) is 0 Å². The number of nitrogens with zero attached hydrogens (tertiary/aromatic N) is 1. The number of hydrogen-bond acceptors (Lipinski definition) is 4. The van der Waals surface area contributed by atoms with Crippen LogP contribution in [0.4, 0.5) is 0 Å². The normalized spacial score (nSPS) is 10.0. The van der Waals surface area contributed by atoms with Crippen LogP contribution in [-0.4, -0.2) is 35.5 Å². The fourth-order valence-electron chi connectivity index (χ4n) is 1.88. The van der Waals surface area contributed by atoms with Gasteiger partial charge in [-0.15, -0.1) is 0 Å². The summed E-state index contributed by atoms with van der Waals surface area (Å²) in [5.41, 5.74) is 1.39. The Morgan fingerprint density at radius 3 is 2.40 bits per heavy atom. The zero-order valence-corrected chi connectivity index (χ0v) is 12.1. The van der Waals surface area contributed by atoms with Crippen LogP contribution < -0.4 is 0 Å². The Bertz CT molecular complexity index is 566. The Labute approximate surface area is 117 Å². The van der Waals surface area contributed by atoms with Gasteiger partial charge < -0.3 is 9.72 Å². The number of amides is 1. The first-order chi connectivity index (χ1) is 9.46. The van der Waals surface area contributed by atoms with Crippen molar-refractivity contribution in [1.29, 1.82) is 0 Å². The average molecular weight is 278 g/mol. The first-order valence-electron chi connectivity index (χ1n) is 6.39. The molecule has 1 N–H and O–H groups in total. The largest absolute Gasteiger partial charge is 0.462 e. The summed E-state index contributed by atoms with van der Waals surface area (Å²) in [6.07, 6.45) is 0.919. The van der Waals surface area contributed by atoms with Crippen molar-refractivity contribution in [3.8, 4) is 0 Å². The lowest BCUT2D eigenvalue weighted by molar-refractivity contribution is 0.0523. The molecule has 1 heterocycles. The van der Waals surface area contributed by atoms with E-state index in [2.05, 4.69) is 9.98 Å². The molecule has 108 valence electrons. The van der Waals surface area contributed by atoms with Crippen molar-refractivity contribution in [3.63, 3.8) is 0 Å². The van der Waals surface area contributed by atoms with E-state index in [1.54, 1.807) is 27.7 Å². The van der Waals surface area contributed by atoms with Crippen LogP contribution in [0.5, 0.6) is 0 Å². The Kier molecular flexibility index (Phi) is 5.37. The number of H-pyrrole nitrogens is 1. The molecule has 0 unspecified atom stereocenters. The molecular weight excluding hydrogens is 260 g/mol. The lowest BCUT2D eigenvalue weighted by Gasteiger charge is -2.03. The van der Waals surface area contributed by atoms with Crippen molar-refractivity contribution in [1.82, 2.24) is 4.98 Å². The summed E-state index contributed by atoms with van der Waals surface area (Å²) in [6.45, 7) is 7.05. The number of nitrogens with one attached hydrogen (secondary N) is 1. The summed E-state index contributed by atoms with van der Waals surface area (Å²) in [7, 11) is 0. The number of hydrogen-bond donors (Lipinski definition) is 1. The molecule has 1 rings (SSSR count). The molecule has 0 aliphatic rings. The predicted octanol–water partition coefficient (Wildman–Crippen LogP) is 2.19. The highest BCUT2D eigenvalue weighted by Gasteiger charge is 2.25. The van der Waals surface area contributed by atoms with Gasteiger partial charge in [-0.25, -0.2) is 9.79 Å². The maximum absolute atomic E-state index is 12.0. The second-order valence-corrected chi connectivity index (χ2v) is 4.32. The quantitative estimate of drug-likeness (QED) is 0.508. The molecule has 0 radical (unpaired) electrons. The van der Waals surface area contributed by atoms with Crippen molar-refractivity contribution in [2.24, 2.45) is 4.99 Å². The molecule has 0 bridgehead atoms. The van der Waals surface area contributed by atoms with E-state index in [9.17, 15) is 14.4 Å². The lowest BCUT2D eigenvalue weighted by Crippen LogP contribution is -2.09. The third-order valence-corrected chi connectivity index (χ3v) is 2.62. The van der Waals surface area contributed by atoms with Crippen molar-refractivity contribution in [3.05, 3.63) is 22.5 Å². The number of aromatic nitrogens is 1. The Morgan fingerprint density at radius 1 is 1.30 bits per heavy atom. The van der Waals surface area contributed by atoms with Gasteiger partial charge in [0.05, 0.1) is 17.9 Å². The maximum Gasteiger partial charge on any atom is 0.340 e. The van der Waals surface area contributed by atoms with Crippen molar-refractivity contribution in [2.75, 3.05) is 6.61 Å². The van der Waals surface area contributed by atoms with Gasteiger partial charge in [0.2, 0.25) is 0 Å². The van der Waals surface area contributed by atoms with E-state index in [0.717, 1.165) is 0 Å². The van der Waals surface area contributed by atoms with Gasteiger partial charge in [-0.2, -0.15) is 0 Å². The molecule has 6 nitrogen and oxygen atoms in total. The van der Waals surface area contributed by atoms with Crippen LogP contribution in [0.3, 0.4) is 0 Å². The van der Waals surface area contributed by atoms with Crippen LogP contribution in [-0.2, 0) is 11.2 Å². The first-order valence-corrected chi connectivity index (χ1v) is 6.39. The molecule has 0 aromatic carbocycles. The molecule has 20 heavy (non-hydrogen) atoms. The van der Waals surface area contributed by atoms with Gasteiger partial charge in [0, 0.05) is 5.71 Å². The third-order valence-electron chi connectivity index (χ3n) is 2.62. The summed E-state index contributed by atoms with van der Waals surface area (Å²) in [5, 5.41) is 0. The molecule has 1 aromatic heterocycles. The Balaban J connectivity index is 3.42. The molecule has 0 aliphatic heterocycles. The number of ether oxygens (including phenoxy) is 1. The topological polar surface area (TPSA) is 88.6 Å². The number of aromatic amines is 1. The predicted molar refractivity (Wildman–Crippen MR) is 74.6 cm³/mol. The van der Waals surface area contributed by atoms with Gasteiger partial charge >= 0.3 is 5.97 Å². The van der Waals surface area contributed by atoms with Gasteiger partial charge in [0.15, 0.2) is 6.29 Å². The molecule has 0 saturated heterocycles. The van der Waals surface area contributed by atoms with E-state index in [1.807, 2.05) is 0 Å².